The minimum atomic E-state index is -0.0441. The molecular weight excluding hydrogens is 404 g/mol. The van der Waals surface area contributed by atoms with Crippen molar-refractivity contribution in [1.29, 1.82) is 0 Å². The molecule has 0 aliphatic carbocycles. The normalized spacial score (nSPS) is 11.3. The molecule has 0 saturated heterocycles. The maximum atomic E-state index is 13.8. The maximum Gasteiger partial charge on any atom is 0.260 e. The number of para-hydroxylation sites is 1. The van der Waals surface area contributed by atoms with Crippen LogP contribution in [-0.4, -0.2) is 27.2 Å². The highest BCUT2D eigenvalue weighted by molar-refractivity contribution is 7.22. The summed E-state index contributed by atoms with van der Waals surface area (Å²) in [6.07, 6.45) is 0. The molecule has 6 heteroatoms. The average molecular weight is 427 g/mol. The zero-order valence-corrected chi connectivity index (χ0v) is 18.3. The van der Waals surface area contributed by atoms with Gasteiger partial charge in [0, 0.05) is 17.8 Å². The van der Waals surface area contributed by atoms with Gasteiger partial charge in [0.05, 0.1) is 22.5 Å². The highest BCUT2D eigenvalue weighted by Gasteiger charge is 2.23. The zero-order valence-electron chi connectivity index (χ0n) is 17.4. The fourth-order valence-corrected chi connectivity index (χ4v) is 4.90. The largest absolute Gasteiger partial charge is 0.282 e. The standard InChI is InChI=1S/C25H22N4OS/c1-17-16-18(2)29(27-17)15-14-28(25-26-22-12-5-6-13-23(22)31-25)24(30)21-11-7-9-19-8-3-4-10-20(19)21/h3-13,16H,14-15H2,1-2H3. The summed E-state index contributed by atoms with van der Waals surface area (Å²) < 4.78 is 3.02. The Kier molecular flexibility index (Phi) is 5.00. The van der Waals surface area contributed by atoms with Gasteiger partial charge in [-0.1, -0.05) is 59.9 Å². The Balaban J connectivity index is 1.56. The van der Waals surface area contributed by atoms with Crippen molar-refractivity contribution in [2.24, 2.45) is 0 Å². The van der Waals surface area contributed by atoms with Gasteiger partial charge in [0.1, 0.15) is 0 Å². The Hall–Kier alpha value is -3.51. The SMILES string of the molecule is Cc1cc(C)n(CCN(C(=O)c2cccc3ccccc23)c2nc3ccccc3s2)n1. The Morgan fingerprint density at radius 3 is 2.58 bits per heavy atom. The zero-order chi connectivity index (χ0) is 21.4. The molecule has 0 aliphatic rings. The fraction of sp³-hybridized carbons (Fsp3) is 0.160. The van der Waals surface area contributed by atoms with E-state index in [1.165, 1.54) is 0 Å². The van der Waals surface area contributed by atoms with Gasteiger partial charge in [0.25, 0.3) is 5.91 Å². The van der Waals surface area contributed by atoms with Gasteiger partial charge in [0.15, 0.2) is 5.13 Å². The highest BCUT2D eigenvalue weighted by Crippen LogP contribution is 2.30. The molecule has 0 bridgehead atoms. The van der Waals surface area contributed by atoms with Crippen LogP contribution in [0.25, 0.3) is 21.0 Å². The van der Waals surface area contributed by atoms with Crippen LogP contribution in [0.1, 0.15) is 21.7 Å². The molecule has 1 amide bonds. The second kappa shape index (κ2) is 7.96. The van der Waals surface area contributed by atoms with Gasteiger partial charge in [0.2, 0.25) is 0 Å². The van der Waals surface area contributed by atoms with Crippen molar-refractivity contribution in [2.45, 2.75) is 20.4 Å². The molecule has 3 aromatic carbocycles. The first-order valence-corrected chi connectivity index (χ1v) is 11.1. The van der Waals surface area contributed by atoms with Gasteiger partial charge >= 0.3 is 0 Å². The van der Waals surface area contributed by atoms with Gasteiger partial charge in [-0.2, -0.15) is 5.10 Å². The Bertz CT molecular complexity index is 1360. The van der Waals surface area contributed by atoms with Crippen LogP contribution in [0.3, 0.4) is 0 Å². The van der Waals surface area contributed by atoms with E-state index >= 15 is 0 Å². The minimum absolute atomic E-state index is 0.0441. The smallest absolute Gasteiger partial charge is 0.260 e. The Morgan fingerprint density at radius 1 is 1.00 bits per heavy atom. The van der Waals surface area contributed by atoms with E-state index in [9.17, 15) is 4.79 Å². The molecule has 0 fully saturated rings. The number of amides is 1. The van der Waals surface area contributed by atoms with E-state index in [2.05, 4.69) is 11.2 Å². The maximum absolute atomic E-state index is 13.8. The lowest BCUT2D eigenvalue weighted by molar-refractivity contribution is 0.0987. The predicted molar refractivity (Wildman–Crippen MR) is 127 cm³/mol. The number of carbonyl (C=O) groups is 1. The number of aromatic nitrogens is 3. The molecule has 2 heterocycles. The van der Waals surface area contributed by atoms with Crippen LogP contribution >= 0.6 is 11.3 Å². The lowest BCUT2D eigenvalue weighted by Crippen LogP contribution is -2.34. The average Bonchev–Trinajstić information content (AvgIpc) is 3.35. The number of thiazole rings is 1. The van der Waals surface area contributed by atoms with Crippen LogP contribution < -0.4 is 4.90 Å². The molecule has 5 aromatic rings. The van der Waals surface area contributed by atoms with Gasteiger partial charge in [-0.05, 0) is 48.9 Å². The van der Waals surface area contributed by atoms with Gasteiger partial charge in [-0.25, -0.2) is 4.98 Å². The van der Waals surface area contributed by atoms with E-state index < -0.39 is 0 Å². The highest BCUT2D eigenvalue weighted by atomic mass is 32.1. The summed E-state index contributed by atoms with van der Waals surface area (Å²) in [6, 6.07) is 23.9. The molecule has 0 aliphatic heterocycles. The van der Waals surface area contributed by atoms with Crippen LogP contribution in [-0.2, 0) is 6.54 Å². The summed E-state index contributed by atoms with van der Waals surface area (Å²) in [5.74, 6) is -0.0441. The van der Waals surface area contributed by atoms with Crippen molar-refractivity contribution in [2.75, 3.05) is 11.4 Å². The third-order valence-corrected chi connectivity index (χ3v) is 6.48. The van der Waals surface area contributed by atoms with Gasteiger partial charge < -0.3 is 0 Å². The third-order valence-electron chi connectivity index (χ3n) is 5.42. The van der Waals surface area contributed by atoms with Crippen LogP contribution in [0, 0.1) is 13.8 Å². The molecule has 0 spiro atoms. The molecule has 5 nitrogen and oxygen atoms in total. The van der Waals surface area contributed by atoms with Crippen LogP contribution in [0.5, 0.6) is 0 Å². The number of nitrogens with zero attached hydrogens (tertiary/aromatic N) is 4. The number of carbonyl (C=O) groups excluding carboxylic acids is 1. The van der Waals surface area contributed by atoms with Crippen molar-refractivity contribution in [3.63, 3.8) is 0 Å². The van der Waals surface area contributed by atoms with Gasteiger partial charge in [-0.3, -0.25) is 14.4 Å². The van der Waals surface area contributed by atoms with E-state index in [0.717, 1.165) is 32.4 Å². The van der Waals surface area contributed by atoms with Crippen LogP contribution in [0.4, 0.5) is 5.13 Å². The predicted octanol–water partition coefficient (Wildman–Crippen LogP) is 5.61. The number of rotatable bonds is 5. The number of fused-ring (bicyclic) bond motifs is 2. The molecule has 2 aromatic heterocycles. The number of hydrogen-bond acceptors (Lipinski definition) is 4. The van der Waals surface area contributed by atoms with E-state index in [1.807, 2.05) is 85.3 Å². The van der Waals surface area contributed by atoms with Gasteiger partial charge in [-0.15, -0.1) is 0 Å². The first-order chi connectivity index (χ1) is 15.1. The third kappa shape index (κ3) is 3.70. The monoisotopic (exact) mass is 426 g/mol. The summed E-state index contributed by atoms with van der Waals surface area (Å²) >= 11 is 1.54. The lowest BCUT2D eigenvalue weighted by atomic mass is 10.0. The fourth-order valence-electron chi connectivity index (χ4n) is 3.91. The Labute approximate surface area is 184 Å². The van der Waals surface area contributed by atoms with Crippen LogP contribution in [0.2, 0.25) is 0 Å². The molecule has 154 valence electrons. The molecule has 0 radical (unpaired) electrons. The second-order valence-corrected chi connectivity index (χ2v) is 8.61. The molecule has 0 N–H and O–H groups in total. The van der Waals surface area contributed by atoms with E-state index in [1.54, 1.807) is 16.2 Å². The minimum Gasteiger partial charge on any atom is -0.282 e. The quantitative estimate of drug-likeness (QED) is 0.367. The summed E-state index contributed by atoms with van der Waals surface area (Å²) in [4.78, 5) is 20.4. The molecule has 0 unspecified atom stereocenters. The Morgan fingerprint density at radius 2 is 1.77 bits per heavy atom. The van der Waals surface area contributed by atoms with Crippen molar-refractivity contribution >= 4 is 43.4 Å². The van der Waals surface area contributed by atoms with Crippen LogP contribution in [0.15, 0.2) is 72.8 Å². The molecular formula is C25H22N4OS. The number of hydrogen-bond donors (Lipinski definition) is 0. The summed E-state index contributed by atoms with van der Waals surface area (Å²) in [5, 5.41) is 7.27. The molecule has 5 rings (SSSR count). The van der Waals surface area contributed by atoms with Crippen molar-refractivity contribution in [3.8, 4) is 0 Å². The molecule has 0 saturated carbocycles. The second-order valence-electron chi connectivity index (χ2n) is 7.60. The number of benzene rings is 3. The van der Waals surface area contributed by atoms with E-state index in [-0.39, 0.29) is 5.91 Å². The lowest BCUT2D eigenvalue weighted by Gasteiger charge is -2.21. The molecule has 0 atom stereocenters. The summed E-state index contributed by atoms with van der Waals surface area (Å²) in [7, 11) is 0. The van der Waals surface area contributed by atoms with Crippen molar-refractivity contribution < 1.29 is 4.79 Å². The first kappa shape index (κ1) is 19.5. The summed E-state index contributed by atoms with van der Waals surface area (Å²) in [6.45, 7) is 5.11. The van der Waals surface area contributed by atoms with Crippen molar-refractivity contribution in [1.82, 2.24) is 14.8 Å². The molecule has 31 heavy (non-hydrogen) atoms. The van der Waals surface area contributed by atoms with E-state index in [0.29, 0.717) is 23.8 Å². The first-order valence-electron chi connectivity index (χ1n) is 10.3. The van der Waals surface area contributed by atoms with E-state index in [4.69, 9.17) is 4.98 Å². The number of anilines is 1. The summed E-state index contributed by atoms with van der Waals surface area (Å²) in [5.41, 5.74) is 3.65. The topological polar surface area (TPSA) is 51.0 Å². The van der Waals surface area contributed by atoms with Crippen molar-refractivity contribution in [3.05, 3.63) is 89.7 Å². The number of aryl methyl sites for hydroxylation is 2.